The molecule has 0 fully saturated rings. The Bertz CT molecular complexity index is 446. The average molecular weight is 314 g/mol. The number of carbonyl (C=O) groups is 2. The summed E-state index contributed by atoms with van der Waals surface area (Å²) >= 11 is 3.38. The summed E-state index contributed by atoms with van der Waals surface area (Å²) in [6, 6.07) is 5.47. The Balaban J connectivity index is 2.41. The van der Waals surface area contributed by atoms with Gasteiger partial charge in [0.05, 0.1) is 0 Å². The highest BCUT2D eigenvalue weighted by Gasteiger charge is 2.09. The van der Waals surface area contributed by atoms with E-state index in [0.29, 0.717) is 24.9 Å². The molecule has 0 saturated heterocycles. The van der Waals surface area contributed by atoms with Gasteiger partial charge < -0.3 is 10.4 Å². The molecule has 0 unspecified atom stereocenters. The SMILES string of the molecule is Cc1c(Br)cccc1C(=O)NCCCCC(=O)O. The number of rotatable bonds is 6. The first-order valence-corrected chi connectivity index (χ1v) is 6.56. The van der Waals surface area contributed by atoms with Gasteiger partial charge in [-0.2, -0.15) is 0 Å². The molecule has 1 aromatic carbocycles. The van der Waals surface area contributed by atoms with Crippen LogP contribution in [-0.2, 0) is 4.79 Å². The van der Waals surface area contributed by atoms with Gasteiger partial charge in [0.15, 0.2) is 0 Å². The lowest BCUT2D eigenvalue weighted by atomic mass is 10.1. The summed E-state index contributed by atoms with van der Waals surface area (Å²) in [5.41, 5.74) is 1.54. The Kier molecular flexibility index (Phi) is 5.85. The molecule has 4 nitrogen and oxygen atoms in total. The second kappa shape index (κ2) is 7.16. The normalized spacial score (nSPS) is 10.1. The maximum absolute atomic E-state index is 11.9. The van der Waals surface area contributed by atoms with Crippen molar-refractivity contribution in [1.82, 2.24) is 5.32 Å². The van der Waals surface area contributed by atoms with Crippen LogP contribution in [0.1, 0.15) is 35.2 Å². The predicted octanol–water partition coefficient (Wildman–Crippen LogP) is 2.74. The number of carboxylic acid groups (broad SMARTS) is 1. The number of nitrogens with one attached hydrogen (secondary N) is 1. The number of amides is 1. The summed E-state index contributed by atoms with van der Waals surface area (Å²) < 4.78 is 0.904. The maximum Gasteiger partial charge on any atom is 0.303 e. The smallest absolute Gasteiger partial charge is 0.303 e. The summed E-state index contributed by atoms with van der Waals surface area (Å²) in [7, 11) is 0. The highest BCUT2D eigenvalue weighted by molar-refractivity contribution is 9.10. The number of carboxylic acids is 1. The number of hydrogen-bond acceptors (Lipinski definition) is 2. The molecule has 18 heavy (non-hydrogen) atoms. The minimum Gasteiger partial charge on any atom is -0.481 e. The lowest BCUT2D eigenvalue weighted by Crippen LogP contribution is -2.25. The van der Waals surface area contributed by atoms with E-state index in [0.717, 1.165) is 10.0 Å². The lowest BCUT2D eigenvalue weighted by molar-refractivity contribution is -0.137. The third-order valence-corrected chi connectivity index (χ3v) is 3.47. The monoisotopic (exact) mass is 313 g/mol. The number of aliphatic carboxylic acids is 1. The second-order valence-corrected chi connectivity index (χ2v) is 4.87. The first-order chi connectivity index (χ1) is 8.52. The molecule has 0 aliphatic carbocycles. The molecule has 0 radical (unpaired) electrons. The molecule has 0 aromatic heterocycles. The Hall–Kier alpha value is -1.36. The topological polar surface area (TPSA) is 66.4 Å². The summed E-state index contributed by atoms with van der Waals surface area (Å²) in [6.07, 6.45) is 1.39. The van der Waals surface area contributed by atoms with Gasteiger partial charge in [-0.3, -0.25) is 9.59 Å². The van der Waals surface area contributed by atoms with E-state index in [2.05, 4.69) is 21.2 Å². The van der Waals surface area contributed by atoms with Gasteiger partial charge >= 0.3 is 5.97 Å². The fourth-order valence-electron chi connectivity index (χ4n) is 1.55. The molecule has 1 aromatic rings. The van der Waals surface area contributed by atoms with Gasteiger partial charge in [-0.15, -0.1) is 0 Å². The van der Waals surface area contributed by atoms with Crippen molar-refractivity contribution in [3.63, 3.8) is 0 Å². The van der Waals surface area contributed by atoms with Crippen LogP contribution in [0.2, 0.25) is 0 Å². The Morgan fingerprint density at radius 2 is 2.06 bits per heavy atom. The average Bonchev–Trinajstić information content (AvgIpc) is 2.31. The molecule has 0 saturated carbocycles. The van der Waals surface area contributed by atoms with Crippen molar-refractivity contribution in [1.29, 1.82) is 0 Å². The Morgan fingerprint density at radius 1 is 1.33 bits per heavy atom. The number of benzene rings is 1. The molecular weight excluding hydrogens is 298 g/mol. The van der Waals surface area contributed by atoms with E-state index in [1.54, 1.807) is 6.07 Å². The van der Waals surface area contributed by atoms with Crippen LogP contribution in [0.3, 0.4) is 0 Å². The second-order valence-electron chi connectivity index (χ2n) is 4.02. The van der Waals surface area contributed by atoms with E-state index in [4.69, 9.17) is 5.11 Å². The predicted molar refractivity (Wildman–Crippen MR) is 72.7 cm³/mol. The largest absolute Gasteiger partial charge is 0.481 e. The molecule has 0 heterocycles. The van der Waals surface area contributed by atoms with Crippen LogP contribution in [0, 0.1) is 6.92 Å². The van der Waals surface area contributed by atoms with Crippen molar-refractivity contribution in [2.24, 2.45) is 0 Å². The van der Waals surface area contributed by atoms with Crippen LogP contribution < -0.4 is 5.32 Å². The van der Waals surface area contributed by atoms with E-state index < -0.39 is 5.97 Å². The zero-order valence-corrected chi connectivity index (χ0v) is 11.8. The van der Waals surface area contributed by atoms with Crippen LogP contribution in [0.5, 0.6) is 0 Å². The van der Waals surface area contributed by atoms with Gasteiger partial charge in [0.25, 0.3) is 5.91 Å². The molecule has 1 amide bonds. The molecule has 5 heteroatoms. The Morgan fingerprint density at radius 3 is 2.72 bits per heavy atom. The van der Waals surface area contributed by atoms with Gasteiger partial charge in [0, 0.05) is 23.0 Å². The van der Waals surface area contributed by atoms with Gasteiger partial charge in [-0.25, -0.2) is 0 Å². The molecule has 0 bridgehead atoms. The highest BCUT2D eigenvalue weighted by Crippen LogP contribution is 2.19. The van der Waals surface area contributed by atoms with Gasteiger partial charge in [0.2, 0.25) is 0 Å². The van der Waals surface area contributed by atoms with Crippen LogP contribution in [0.4, 0.5) is 0 Å². The molecular formula is C13H16BrNO3. The zero-order chi connectivity index (χ0) is 13.5. The number of hydrogen-bond donors (Lipinski definition) is 2. The van der Waals surface area contributed by atoms with Crippen molar-refractivity contribution >= 4 is 27.8 Å². The van der Waals surface area contributed by atoms with Crippen LogP contribution in [-0.4, -0.2) is 23.5 Å². The van der Waals surface area contributed by atoms with Crippen LogP contribution >= 0.6 is 15.9 Å². The van der Waals surface area contributed by atoms with Crippen molar-refractivity contribution < 1.29 is 14.7 Å². The summed E-state index contributed by atoms with van der Waals surface area (Å²) in [4.78, 5) is 22.2. The quantitative estimate of drug-likeness (QED) is 0.794. The molecule has 98 valence electrons. The molecule has 0 atom stereocenters. The minimum absolute atomic E-state index is 0.121. The van der Waals surface area contributed by atoms with E-state index in [1.165, 1.54) is 0 Å². The standard InChI is InChI=1S/C13H16BrNO3/c1-9-10(5-4-6-11(9)14)13(18)15-8-3-2-7-12(16)17/h4-6H,2-3,7-8H2,1H3,(H,15,18)(H,16,17). The van der Waals surface area contributed by atoms with Crippen molar-refractivity contribution in [2.45, 2.75) is 26.2 Å². The van der Waals surface area contributed by atoms with Gasteiger partial charge in [0.1, 0.15) is 0 Å². The van der Waals surface area contributed by atoms with E-state index in [-0.39, 0.29) is 12.3 Å². The fourth-order valence-corrected chi connectivity index (χ4v) is 1.92. The minimum atomic E-state index is -0.802. The fraction of sp³-hybridized carbons (Fsp3) is 0.385. The third-order valence-electron chi connectivity index (χ3n) is 2.62. The van der Waals surface area contributed by atoms with E-state index in [9.17, 15) is 9.59 Å². The van der Waals surface area contributed by atoms with Gasteiger partial charge in [-0.05, 0) is 37.5 Å². The molecule has 0 aliphatic heterocycles. The van der Waals surface area contributed by atoms with Crippen LogP contribution in [0.15, 0.2) is 22.7 Å². The van der Waals surface area contributed by atoms with Crippen molar-refractivity contribution in [2.75, 3.05) is 6.54 Å². The van der Waals surface area contributed by atoms with Crippen molar-refractivity contribution in [3.8, 4) is 0 Å². The number of unbranched alkanes of at least 4 members (excludes halogenated alkanes) is 1. The van der Waals surface area contributed by atoms with E-state index in [1.807, 2.05) is 19.1 Å². The number of halogens is 1. The summed E-state index contributed by atoms with van der Waals surface area (Å²) in [5.74, 6) is -0.923. The molecule has 1 rings (SSSR count). The summed E-state index contributed by atoms with van der Waals surface area (Å²) in [5, 5.41) is 11.3. The zero-order valence-electron chi connectivity index (χ0n) is 10.2. The maximum atomic E-state index is 11.9. The lowest BCUT2D eigenvalue weighted by Gasteiger charge is -2.08. The Labute approximate surface area is 115 Å². The van der Waals surface area contributed by atoms with Crippen LogP contribution in [0.25, 0.3) is 0 Å². The highest BCUT2D eigenvalue weighted by atomic mass is 79.9. The van der Waals surface area contributed by atoms with E-state index >= 15 is 0 Å². The first kappa shape index (κ1) is 14.7. The molecule has 0 aliphatic rings. The first-order valence-electron chi connectivity index (χ1n) is 5.77. The summed E-state index contributed by atoms with van der Waals surface area (Å²) in [6.45, 7) is 2.38. The molecule has 2 N–H and O–H groups in total. The number of carbonyl (C=O) groups excluding carboxylic acids is 1. The van der Waals surface area contributed by atoms with Gasteiger partial charge in [-0.1, -0.05) is 22.0 Å². The molecule has 0 spiro atoms. The third kappa shape index (κ3) is 4.49. The van der Waals surface area contributed by atoms with Crippen molar-refractivity contribution in [3.05, 3.63) is 33.8 Å².